The zero-order valence-electron chi connectivity index (χ0n) is 10.6. The normalized spacial score (nSPS) is 11.1. The standard InChI is InChI=1S/C14H15N3O2/c1-11(13-8-5-9-19-13)16-17-14(18)10-15-12-6-3-2-4-7-12/h2-9,15H,10H2,1H3,(H,17,18)/b16-11+. The maximum atomic E-state index is 11.6. The van der Waals surface area contributed by atoms with E-state index in [1.54, 1.807) is 25.3 Å². The topological polar surface area (TPSA) is 66.6 Å². The van der Waals surface area contributed by atoms with E-state index in [-0.39, 0.29) is 12.5 Å². The number of hydrogen-bond donors (Lipinski definition) is 2. The van der Waals surface area contributed by atoms with Gasteiger partial charge in [-0.1, -0.05) is 18.2 Å². The van der Waals surface area contributed by atoms with Crippen molar-refractivity contribution >= 4 is 17.3 Å². The van der Waals surface area contributed by atoms with Gasteiger partial charge in [-0.15, -0.1) is 0 Å². The summed E-state index contributed by atoms with van der Waals surface area (Å²) in [6.45, 7) is 1.93. The van der Waals surface area contributed by atoms with Gasteiger partial charge in [0.15, 0.2) is 0 Å². The Hall–Kier alpha value is -2.56. The molecule has 0 saturated carbocycles. The van der Waals surface area contributed by atoms with Crippen molar-refractivity contribution in [3.8, 4) is 0 Å². The number of nitrogens with zero attached hydrogens (tertiary/aromatic N) is 1. The summed E-state index contributed by atoms with van der Waals surface area (Å²) in [6.07, 6.45) is 1.56. The van der Waals surface area contributed by atoms with Crippen LogP contribution in [0, 0.1) is 0 Å². The number of nitrogens with one attached hydrogen (secondary N) is 2. The number of rotatable bonds is 5. The Morgan fingerprint density at radius 2 is 2.00 bits per heavy atom. The van der Waals surface area contributed by atoms with E-state index >= 15 is 0 Å². The molecule has 1 heterocycles. The van der Waals surface area contributed by atoms with Crippen molar-refractivity contribution in [2.45, 2.75) is 6.92 Å². The van der Waals surface area contributed by atoms with Crippen molar-refractivity contribution < 1.29 is 9.21 Å². The van der Waals surface area contributed by atoms with Crippen LogP contribution in [-0.2, 0) is 4.79 Å². The van der Waals surface area contributed by atoms with Crippen LogP contribution >= 0.6 is 0 Å². The fraction of sp³-hybridized carbons (Fsp3) is 0.143. The van der Waals surface area contributed by atoms with Crippen molar-refractivity contribution in [1.82, 2.24) is 5.43 Å². The SMILES string of the molecule is C/C(=N\NC(=O)CNc1ccccc1)c1ccco1. The first-order valence-electron chi connectivity index (χ1n) is 5.91. The molecule has 0 atom stereocenters. The van der Waals surface area contributed by atoms with E-state index in [2.05, 4.69) is 15.8 Å². The lowest BCUT2D eigenvalue weighted by Gasteiger charge is -2.05. The summed E-state index contributed by atoms with van der Waals surface area (Å²) < 4.78 is 5.16. The van der Waals surface area contributed by atoms with Gasteiger partial charge < -0.3 is 9.73 Å². The molecule has 98 valence electrons. The van der Waals surface area contributed by atoms with Crippen LogP contribution in [0.2, 0.25) is 0 Å². The molecular weight excluding hydrogens is 242 g/mol. The molecule has 2 aromatic rings. The predicted octanol–water partition coefficient (Wildman–Crippen LogP) is 2.23. The van der Waals surface area contributed by atoms with Gasteiger partial charge in [-0.05, 0) is 31.2 Å². The van der Waals surface area contributed by atoms with Crippen LogP contribution in [0.5, 0.6) is 0 Å². The smallest absolute Gasteiger partial charge is 0.259 e. The fourth-order valence-electron chi connectivity index (χ4n) is 1.46. The molecule has 2 rings (SSSR count). The third kappa shape index (κ3) is 3.99. The molecule has 5 heteroatoms. The highest BCUT2D eigenvalue weighted by Crippen LogP contribution is 2.04. The molecule has 0 aliphatic rings. The Labute approximate surface area is 111 Å². The van der Waals surface area contributed by atoms with Crippen LogP contribution in [0.1, 0.15) is 12.7 Å². The van der Waals surface area contributed by atoms with Gasteiger partial charge in [0.2, 0.25) is 0 Å². The van der Waals surface area contributed by atoms with Crippen LogP contribution in [0.25, 0.3) is 0 Å². The van der Waals surface area contributed by atoms with E-state index in [1.165, 1.54) is 0 Å². The quantitative estimate of drug-likeness (QED) is 0.637. The zero-order valence-corrected chi connectivity index (χ0v) is 10.6. The molecule has 0 saturated heterocycles. The second-order valence-electron chi connectivity index (χ2n) is 3.93. The second-order valence-corrected chi connectivity index (χ2v) is 3.93. The Balaban J connectivity index is 1.80. The molecule has 0 aliphatic heterocycles. The van der Waals surface area contributed by atoms with Crippen LogP contribution in [-0.4, -0.2) is 18.2 Å². The molecule has 5 nitrogen and oxygen atoms in total. The molecule has 1 aromatic carbocycles. The molecule has 1 aromatic heterocycles. The highest BCUT2D eigenvalue weighted by atomic mass is 16.3. The van der Waals surface area contributed by atoms with Crippen LogP contribution in [0.15, 0.2) is 58.2 Å². The summed E-state index contributed by atoms with van der Waals surface area (Å²) in [5.41, 5.74) is 3.98. The Bertz CT molecular complexity index is 547. The predicted molar refractivity (Wildman–Crippen MR) is 74.0 cm³/mol. The van der Waals surface area contributed by atoms with Crippen molar-refractivity contribution in [2.75, 3.05) is 11.9 Å². The summed E-state index contributed by atoms with van der Waals surface area (Å²) in [6, 6.07) is 13.1. The van der Waals surface area contributed by atoms with Gasteiger partial charge in [0, 0.05) is 5.69 Å². The minimum atomic E-state index is -0.213. The largest absolute Gasteiger partial charge is 0.463 e. The Morgan fingerprint density at radius 3 is 2.68 bits per heavy atom. The van der Waals surface area contributed by atoms with Crippen LogP contribution in [0.3, 0.4) is 0 Å². The second kappa shape index (κ2) is 6.39. The van der Waals surface area contributed by atoms with Crippen molar-refractivity contribution in [2.24, 2.45) is 5.10 Å². The summed E-state index contributed by atoms with van der Waals surface area (Å²) in [5, 5.41) is 6.96. The third-order valence-corrected chi connectivity index (χ3v) is 2.45. The van der Waals surface area contributed by atoms with Gasteiger partial charge in [0.25, 0.3) is 5.91 Å². The van der Waals surface area contributed by atoms with Gasteiger partial charge in [-0.2, -0.15) is 5.10 Å². The number of hydrogen-bond acceptors (Lipinski definition) is 4. The van der Waals surface area contributed by atoms with E-state index in [0.717, 1.165) is 5.69 Å². The average molecular weight is 257 g/mol. The fourth-order valence-corrected chi connectivity index (χ4v) is 1.46. The lowest BCUT2D eigenvalue weighted by Crippen LogP contribution is -2.26. The van der Waals surface area contributed by atoms with Gasteiger partial charge in [-0.25, -0.2) is 5.43 Å². The average Bonchev–Trinajstić information content (AvgIpc) is 2.98. The third-order valence-electron chi connectivity index (χ3n) is 2.45. The maximum absolute atomic E-state index is 11.6. The lowest BCUT2D eigenvalue weighted by atomic mass is 10.3. The molecule has 1 amide bonds. The number of carbonyl (C=O) groups is 1. The maximum Gasteiger partial charge on any atom is 0.259 e. The molecule has 0 spiro atoms. The van der Waals surface area contributed by atoms with Crippen molar-refractivity contribution in [3.05, 3.63) is 54.5 Å². The van der Waals surface area contributed by atoms with Crippen molar-refractivity contribution in [1.29, 1.82) is 0 Å². The van der Waals surface area contributed by atoms with E-state index in [4.69, 9.17) is 4.42 Å². The highest BCUT2D eigenvalue weighted by Gasteiger charge is 2.02. The van der Waals surface area contributed by atoms with Gasteiger partial charge in [-0.3, -0.25) is 4.79 Å². The minimum absolute atomic E-state index is 0.166. The van der Waals surface area contributed by atoms with Gasteiger partial charge in [0.1, 0.15) is 11.5 Å². The van der Waals surface area contributed by atoms with Crippen molar-refractivity contribution in [3.63, 3.8) is 0 Å². The molecule has 0 aliphatic carbocycles. The van der Waals surface area contributed by atoms with E-state index < -0.39 is 0 Å². The Kier molecular flexibility index (Phi) is 4.34. The molecule has 0 unspecified atom stereocenters. The first-order chi connectivity index (χ1) is 9.25. The zero-order chi connectivity index (χ0) is 13.5. The first-order valence-corrected chi connectivity index (χ1v) is 5.91. The highest BCUT2D eigenvalue weighted by molar-refractivity contribution is 5.96. The lowest BCUT2D eigenvalue weighted by molar-refractivity contribution is -0.119. The van der Waals surface area contributed by atoms with E-state index in [9.17, 15) is 4.79 Å². The number of para-hydroxylation sites is 1. The summed E-state index contributed by atoms with van der Waals surface area (Å²) >= 11 is 0. The Morgan fingerprint density at radius 1 is 1.21 bits per heavy atom. The van der Waals surface area contributed by atoms with Gasteiger partial charge in [0.05, 0.1) is 12.8 Å². The van der Waals surface area contributed by atoms with Crippen LogP contribution < -0.4 is 10.7 Å². The molecule has 2 N–H and O–H groups in total. The number of benzene rings is 1. The van der Waals surface area contributed by atoms with Gasteiger partial charge >= 0.3 is 0 Å². The molecule has 0 bridgehead atoms. The molecule has 19 heavy (non-hydrogen) atoms. The number of amides is 1. The monoisotopic (exact) mass is 257 g/mol. The first kappa shape index (κ1) is 12.9. The van der Waals surface area contributed by atoms with E-state index in [0.29, 0.717) is 11.5 Å². The number of carbonyl (C=O) groups excluding carboxylic acids is 1. The summed E-state index contributed by atoms with van der Waals surface area (Å²) in [5.74, 6) is 0.422. The molecule has 0 fully saturated rings. The number of hydrazone groups is 1. The number of anilines is 1. The molecular formula is C14H15N3O2. The summed E-state index contributed by atoms with van der Waals surface area (Å²) in [4.78, 5) is 11.6. The number of furan rings is 1. The summed E-state index contributed by atoms with van der Waals surface area (Å²) in [7, 11) is 0. The molecule has 0 radical (unpaired) electrons. The van der Waals surface area contributed by atoms with Crippen LogP contribution in [0.4, 0.5) is 5.69 Å². The minimum Gasteiger partial charge on any atom is -0.463 e. The van der Waals surface area contributed by atoms with E-state index in [1.807, 2.05) is 30.3 Å².